The number of imidazole rings is 1. The molecule has 0 aliphatic carbocycles. The summed E-state index contributed by atoms with van der Waals surface area (Å²) < 4.78 is 7.07. The molecule has 16 heavy (non-hydrogen) atoms. The molecule has 0 aliphatic rings. The Morgan fingerprint density at radius 1 is 1.69 bits per heavy atom. The van der Waals surface area contributed by atoms with Crippen molar-refractivity contribution in [3.05, 3.63) is 28.6 Å². The van der Waals surface area contributed by atoms with E-state index in [9.17, 15) is 4.79 Å². The molecule has 0 radical (unpaired) electrons. The summed E-state index contributed by atoms with van der Waals surface area (Å²) in [6.45, 7) is 0. The van der Waals surface area contributed by atoms with E-state index in [1.54, 1.807) is 22.9 Å². The number of methoxy groups -OCH3 is 1. The first kappa shape index (κ1) is 10.9. The second-order valence-corrected chi connectivity index (χ2v) is 3.87. The van der Waals surface area contributed by atoms with Crippen LogP contribution < -0.4 is 11.3 Å². The summed E-state index contributed by atoms with van der Waals surface area (Å²) in [5, 5.41) is 0. The van der Waals surface area contributed by atoms with Crippen LogP contribution in [0.5, 0.6) is 0 Å². The molecule has 6 nitrogen and oxygen atoms in total. The second-order valence-electron chi connectivity index (χ2n) is 3.05. The highest BCUT2D eigenvalue weighted by molar-refractivity contribution is 9.10. The van der Waals surface area contributed by atoms with Crippen molar-refractivity contribution in [3.63, 3.8) is 0 Å². The van der Waals surface area contributed by atoms with Crippen LogP contribution in [0.4, 0.5) is 5.69 Å². The Morgan fingerprint density at radius 3 is 3.06 bits per heavy atom. The lowest BCUT2D eigenvalue weighted by Crippen LogP contribution is -2.11. The molecule has 0 unspecified atom stereocenters. The van der Waals surface area contributed by atoms with Crippen LogP contribution >= 0.6 is 15.9 Å². The van der Waals surface area contributed by atoms with Gasteiger partial charge >= 0.3 is 5.97 Å². The molecule has 2 rings (SSSR count). The van der Waals surface area contributed by atoms with Gasteiger partial charge in [-0.1, -0.05) is 0 Å². The number of hydrazine groups is 1. The number of halogens is 1. The van der Waals surface area contributed by atoms with E-state index in [1.807, 2.05) is 0 Å². The number of esters is 1. The number of carbonyl (C=O) groups excluding carboxylic acids is 1. The Labute approximate surface area is 99.5 Å². The van der Waals surface area contributed by atoms with Gasteiger partial charge in [0.1, 0.15) is 4.60 Å². The van der Waals surface area contributed by atoms with E-state index >= 15 is 0 Å². The van der Waals surface area contributed by atoms with Crippen LogP contribution in [0.15, 0.2) is 23.1 Å². The van der Waals surface area contributed by atoms with E-state index in [1.165, 1.54) is 7.11 Å². The minimum absolute atomic E-state index is 0.390. The van der Waals surface area contributed by atoms with E-state index in [2.05, 4.69) is 31.1 Å². The molecule has 0 spiro atoms. The molecule has 0 aromatic carbocycles. The Balaban J connectivity index is 2.70. The largest absolute Gasteiger partial charge is 0.465 e. The lowest BCUT2D eigenvalue weighted by Gasteiger charge is -2.06. The number of nitrogens with zero attached hydrogens (tertiary/aromatic N) is 2. The molecule has 0 atom stereocenters. The molecular weight excluding hydrogens is 276 g/mol. The van der Waals surface area contributed by atoms with Crippen LogP contribution in [0, 0.1) is 0 Å². The van der Waals surface area contributed by atoms with Gasteiger partial charge in [-0.15, -0.1) is 0 Å². The average Bonchev–Trinajstić information content (AvgIpc) is 2.69. The highest BCUT2D eigenvalue weighted by Crippen LogP contribution is 2.21. The first-order valence-corrected chi connectivity index (χ1v) is 5.18. The van der Waals surface area contributed by atoms with E-state index in [0.29, 0.717) is 16.9 Å². The fraction of sp³-hybridized carbons (Fsp3) is 0.111. The summed E-state index contributed by atoms with van der Waals surface area (Å²) in [6, 6.07) is 1.58. The maximum atomic E-state index is 11.4. The number of nitrogens with two attached hydrogens (primary N) is 1. The number of nitrogen functional groups attached to an aromatic ring is 1. The zero-order valence-electron chi connectivity index (χ0n) is 8.40. The first-order chi connectivity index (χ1) is 7.67. The molecule has 2 aromatic rings. The number of fused-ring (bicyclic) bond motifs is 1. The third kappa shape index (κ3) is 1.63. The molecule has 3 N–H and O–H groups in total. The van der Waals surface area contributed by atoms with Gasteiger partial charge in [0, 0.05) is 6.20 Å². The van der Waals surface area contributed by atoms with Gasteiger partial charge in [0.2, 0.25) is 0 Å². The van der Waals surface area contributed by atoms with Crippen LogP contribution in [-0.2, 0) is 4.74 Å². The van der Waals surface area contributed by atoms with E-state index in [-0.39, 0.29) is 0 Å². The molecule has 0 fully saturated rings. The van der Waals surface area contributed by atoms with Gasteiger partial charge in [-0.05, 0) is 22.0 Å². The normalized spacial score (nSPS) is 10.4. The second kappa shape index (κ2) is 4.11. The average molecular weight is 285 g/mol. The quantitative estimate of drug-likeness (QED) is 0.492. The van der Waals surface area contributed by atoms with Gasteiger partial charge < -0.3 is 10.2 Å². The highest BCUT2D eigenvalue weighted by atomic mass is 79.9. The predicted octanol–water partition coefficient (Wildman–Crippen LogP) is 1.17. The van der Waals surface area contributed by atoms with Gasteiger partial charge in [-0.25, -0.2) is 9.78 Å². The Bertz CT molecular complexity index is 552. The van der Waals surface area contributed by atoms with E-state index < -0.39 is 5.97 Å². The molecule has 7 heteroatoms. The van der Waals surface area contributed by atoms with Crippen molar-refractivity contribution in [2.24, 2.45) is 5.84 Å². The van der Waals surface area contributed by atoms with Crippen LogP contribution in [0.1, 0.15) is 10.4 Å². The summed E-state index contributed by atoms with van der Waals surface area (Å²) in [7, 11) is 1.32. The number of aromatic nitrogens is 2. The minimum Gasteiger partial charge on any atom is -0.465 e. The van der Waals surface area contributed by atoms with Crippen molar-refractivity contribution in [2.75, 3.05) is 12.5 Å². The number of pyridine rings is 1. The zero-order valence-corrected chi connectivity index (χ0v) is 9.98. The van der Waals surface area contributed by atoms with E-state index in [0.717, 1.165) is 4.60 Å². The van der Waals surface area contributed by atoms with E-state index in [4.69, 9.17) is 5.84 Å². The number of carbonyl (C=O) groups is 1. The van der Waals surface area contributed by atoms with Gasteiger partial charge in [-0.3, -0.25) is 10.2 Å². The Kier molecular flexibility index (Phi) is 2.80. The number of hydrogen-bond acceptors (Lipinski definition) is 5. The molecule has 0 aliphatic heterocycles. The number of anilines is 1. The minimum atomic E-state index is -0.431. The summed E-state index contributed by atoms with van der Waals surface area (Å²) in [5.41, 5.74) is 4.06. The smallest absolute Gasteiger partial charge is 0.339 e. The van der Waals surface area contributed by atoms with Crippen molar-refractivity contribution in [1.29, 1.82) is 0 Å². The van der Waals surface area contributed by atoms with Crippen molar-refractivity contribution < 1.29 is 9.53 Å². The standard InChI is InChI=1S/C9H9BrN4O2/c1-16-9(15)5-2-6(13-11)8-12-3-7(10)14(8)4-5/h2-4,13H,11H2,1H3. The molecular formula is C9H9BrN4O2. The zero-order chi connectivity index (χ0) is 11.7. The third-order valence-corrected chi connectivity index (χ3v) is 2.72. The molecule has 84 valence electrons. The molecule has 0 saturated carbocycles. The predicted molar refractivity (Wildman–Crippen MR) is 62.0 cm³/mol. The fourth-order valence-electron chi connectivity index (χ4n) is 1.39. The molecule has 2 heterocycles. The number of rotatable bonds is 2. The number of hydrogen-bond donors (Lipinski definition) is 2. The molecule has 0 amide bonds. The van der Waals surface area contributed by atoms with Crippen molar-refractivity contribution in [2.45, 2.75) is 0 Å². The topological polar surface area (TPSA) is 81.6 Å². The highest BCUT2D eigenvalue weighted by Gasteiger charge is 2.12. The fourth-order valence-corrected chi connectivity index (χ4v) is 1.77. The summed E-state index contributed by atoms with van der Waals surface area (Å²) in [6.07, 6.45) is 3.25. The van der Waals surface area contributed by atoms with Crippen LogP contribution in [0.2, 0.25) is 0 Å². The van der Waals surface area contributed by atoms with Gasteiger partial charge in [0.25, 0.3) is 0 Å². The van der Waals surface area contributed by atoms with Crippen molar-refractivity contribution in [3.8, 4) is 0 Å². The van der Waals surface area contributed by atoms with Gasteiger partial charge in [0.05, 0.1) is 24.6 Å². The van der Waals surface area contributed by atoms with Crippen molar-refractivity contribution in [1.82, 2.24) is 9.38 Å². The summed E-state index contributed by atoms with van der Waals surface area (Å²) >= 11 is 3.32. The van der Waals surface area contributed by atoms with Crippen LogP contribution in [-0.4, -0.2) is 22.5 Å². The lowest BCUT2D eigenvalue weighted by atomic mass is 10.2. The summed E-state index contributed by atoms with van der Waals surface area (Å²) in [4.78, 5) is 15.6. The molecule has 0 saturated heterocycles. The Morgan fingerprint density at radius 2 is 2.44 bits per heavy atom. The molecule has 0 bridgehead atoms. The van der Waals surface area contributed by atoms with Crippen molar-refractivity contribution >= 4 is 33.2 Å². The van der Waals surface area contributed by atoms with Crippen LogP contribution in [0.25, 0.3) is 5.65 Å². The lowest BCUT2D eigenvalue weighted by molar-refractivity contribution is 0.0600. The number of nitrogens with one attached hydrogen (secondary N) is 1. The maximum absolute atomic E-state index is 11.4. The molecule has 2 aromatic heterocycles. The SMILES string of the molecule is COC(=O)c1cc(NN)c2ncc(Br)n2c1. The Hall–Kier alpha value is -1.60. The summed E-state index contributed by atoms with van der Waals surface area (Å²) in [5.74, 6) is 4.93. The van der Waals surface area contributed by atoms with Gasteiger partial charge in [0.15, 0.2) is 5.65 Å². The number of ether oxygens (including phenoxy) is 1. The van der Waals surface area contributed by atoms with Gasteiger partial charge in [-0.2, -0.15) is 0 Å². The maximum Gasteiger partial charge on any atom is 0.339 e. The third-order valence-electron chi connectivity index (χ3n) is 2.14. The van der Waals surface area contributed by atoms with Crippen LogP contribution in [0.3, 0.4) is 0 Å². The first-order valence-electron chi connectivity index (χ1n) is 4.39. The monoisotopic (exact) mass is 284 g/mol.